The van der Waals surface area contributed by atoms with E-state index in [1.165, 1.54) is 0 Å². The Labute approximate surface area is 124 Å². The number of nitrogens with one attached hydrogen (secondary N) is 1. The van der Waals surface area contributed by atoms with Crippen LogP contribution < -0.4 is 15.8 Å². The molecule has 1 aromatic carbocycles. The number of nitrogens with zero attached hydrogens (tertiary/aromatic N) is 1. The molecule has 116 valence electrons. The van der Waals surface area contributed by atoms with Gasteiger partial charge in [-0.05, 0) is 25.0 Å². The van der Waals surface area contributed by atoms with Gasteiger partial charge in [0.25, 0.3) is 0 Å². The number of guanidine groups is 1. The zero-order chi connectivity index (χ0) is 15.1. The first-order valence-electron chi connectivity index (χ1n) is 7.02. The Morgan fingerprint density at radius 3 is 2.90 bits per heavy atom. The van der Waals surface area contributed by atoms with Gasteiger partial charge in [-0.1, -0.05) is 6.07 Å². The third kappa shape index (κ3) is 4.32. The standard InChI is InChI=1S/C15H22FN3O2/c1-20-13-4-2-3-12(9-13)19-14(17)18-11-15(10-16)5-7-21-8-6-15/h2-4,9H,5-8,10-11H2,1H3,(H3,17,18,19). The van der Waals surface area contributed by atoms with E-state index in [-0.39, 0.29) is 5.96 Å². The lowest BCUT2D eigenvalue weighted by Crippen LogP contribution is -2.36. The predicted molar refractivity (Wildman–Crippen MR) is 81.6 cm³/mol. The SMILES string of the molecule is COc1cccc(NC(N)=NCC2(CF)CCOCC2)c1. The van der Waals surface area contributed by atoms with E-state index in [2.05, 4.69) is 10.3 Å². The zero-order valence-electron chi connectivity index (χ0n) is 12.3. The van der Waals surface area contributed by atoms with Crippen LogP contribution in [0.1, 0.15) is 12.8 Å². The summed E-state index contributed by atoms with van der Waals surface area (Å²) in [6.45, 7) is 1.15. The third-order valence-electron chi connectivity index (χ3n) is 3.76. The fraction of sp³-hybridized carbons (Fsp3) is 0.533. The molecule has 0 atom stereocenters. The van der Waals surface area contributed by atoms with Gasteiger partial charge in [0.2, 0.25) is 0 Å². The van der Waals surface area contributed by atoms with Crippen LogP contribution in [0.5, 0.6) is 5.75 Å². The minimum absolute atomic E-state index is 0.280. The van der Waals surface area contributed by atoms with Gasteiger partial charge in [0, 0.05) is 30.4 Å². The van der Waals surface area contributed by atoms with E-state index >= 15 is 0 Å². The van der Waals surface area contributed by atoms with Crippen LogP contribution in [0, 0.1) is 5.41 Å². The van der Waals surface area contributed by atoms with Crippen molar-refractivity contribution in [2.75, 3.05) is 38.9 Å². The summed E-state index contributed by atoms with van der Waals surface area (Å²) in [5.41, 5.74) is 6.23. The van der Waals surface area contributed by atoms with Crippen molar-refractivity contribution in [2.24, 2.45) is 16.1 Å². The molecule has 2 rings (SSSR count). The number of hydrogen-bond donors (Lipinski definition) is 2. The average molecular weight is 295 g/mol. The molecule has 1 fully saturated rings. The average Bonchev–Trinajstić information content (AvgIpc) is 2.54. The molecule has 6 heteroatoms. The Balaban J connectivity index is 1.96. The summed E-state index contributed by atoms with van der Waals surface area (Å²) in [6.07, 6.45) is 1.36. The lowest BCUT2D eigenvalue weighted by molar-refractivity contribution is 0.00696. The fourth-order valence-electron chi connectivity index (χ4n) is 2.28. The molecular formula is C15H22FN3O2. The number of benzene rings is 1. The van der Waals surface area contributed by atoms with Crippen molar-refractivity contribution in [3.63, 3.8) is 0 Å². The summed E-state index contributed by atoms with van der Waals surface area (Å²) < 4.78 is 23.7. The molecule has 1 aliphatic rings. The number of ether oxygens (including phenoxy) is 2. The zero-order valence-corrected chi connectivity index (χ0v) is 12.3. The Hall–Kier alpha value is -1.82. The lowest BCUT2D eigenvalue weighted by atomic mass is 9.82. The molecule has 0 saturated carbocycles. The van der Waals surface area contributed by atoms with E-state index < -0.39 is 12.1 Å². The van der Waals surface area contributed by atoms with Crippen LogP contribution >= 0.6 is 0 Å². The molecule has 0 aliphatic carbocycles. The maximum Gasteiger partial charge on any atom is 0.193 e. The van der Waals surface area contributed by atoms with Gasteiger partial charge in [-0.2, -0.15) is 0 Å². The molecular weight excluding hydrogens is 273 g/mol. The molecule has 0 spiro atoms. The van der Waals surface area contributed by atoms with Crippen LogP contribution in [0.15, 0.2) is 29.3 Å². The van der Waals surface area contributed by atoms with Crippen molar-refractivity contribution in [1.82, 2.24) is 0 Å². The molecule has 1 aromatic rings. The van der Waals surface area contributed by atoms with Crippen molar-refractivity contribution >= 4 is 11.6 Å². The van der Waals surface area contributed by atoms with Crippen LogP contribution in [0.2, 0.25) is 0 Å². The molecule has 1 heterocycles. The van der Waals surface area contributed by atoms with Gasteiger partial charge < -0.3 is 20.5 Å². The number of anilines is 1. The van der Waals surface area contributed by atoms with Crippen molar-refractivity contribution in [3.05, 3.63) is 24.3 Å². The molecule has 21 heavy (non-hydrogen) atoms. The van der Waals surface area contributed by atoms with E-state index in [0.29, 0.717) is 32.6 Å². The number of aliphatic imine (C=N–C) groups is 1. The highest BCUT2D eigenvalue weighted by Gasteiger charge is 2.32. The van der Waals surface area contributed by atoms with Crippen molar-refractivity contribution < 1.29 is 13.9 Å². The Morgan fingerprint density at radius 1 is 1.48 bits per heavy atom. The molecule has 0 aromatic heterocycles. The van der Waals surface area contributed by atoms with Crippen molar-refractivity contribution in [3.8, 4) is 5.75 Å². The summed E-state index contributed by atoms with van der Waals surface area (Å²) >= 11 is 0. The van der Waals surface area contributed by atoms with E-state index in [4.69, 9.17) is 15.2 Å². The molecule has 1 aliphatic heterocycles. The summed E-state index contributed by atoms with van der Waals surface area (Å²) in [5.74, 6) is 1.01. The second-order valence-electron chi connectivity index (χ2n) is 5.30. The largest absolute Gasteiger partial charge is 0.497 e. The van der Waals surface area contributed by atoms with Crippen LogP contribution in [-0.2, 0) is 4.74 Å². The first kappa shape index (κ1) is 15.6. The highest BCUT2D eigenvalue weighted by atomic mass is 19.1. The van der Waals surface area contributed by atoms with Gasteiger partial charge in [0.15, 0.2) is 5.96 Å². The Kier molecular flexibility index (Phi) is 5.38. The van der Waals surface area contributed by atoms with Crippen LogP contribution in [0.4, 0.5) is 10.1 Å². The highest BCUT2D eigenvalue weighted by Crippen LogP contribution is 2.31. The Morgan fingerprint density at radius 2 is 2.24 bits per heavy atom. The number of methoxy groups -OCH3 is 1. The fourth-order valence-corrected chi connectivity index (χ4v) is 2.28. The molecule has 0 unspecified atom stereocenters. The minimum atomic E-state index is -0.432. The molecule has 3 N–H and O–H groups in total. The second kappa shape index (κ2) is 7.26. The van der Waals surface area contributed by atoms with Crippen molar-refractivity contribution in [1.29, 1.82) is 0 Å². The topological polar surface area (TPSA) is 68.9 Å². The van der Waals surface area contributed by atoms with E-state index in [9.17, 15) is 4.39 Å². The predicted octanol–water partition coefficient (Wildman–Crippen LogP) is 2.19. The number of hydrogen-bond acceptors (Lipinski definition) is 3. The van der Waals surface area contributed by atoms with E-state index in [1.807, 2.05) is 24.3 Å². The van der Waals surface area contributed by atoms with E-state index in [1.54, 1.807) is 7.11 Å². The monoisotopic (exact) mass is 295 g/mol. The second-order valence-corrected chi connectivity index (χ2v) is 5.30. The quantitative estimate of drug-likeness (QED) is 0.645. The van der Waals surface area contributed by atoms with Crippen LogP contribution in [-0.4, -0.2) is 39.5 Å². The van der Waals surface area contributed by atoms with Gasteiger partial charge in [-0.25, -0.2) is 0 Å². The number of nitrogens with two attached hydrogens (primary N) is 1. The van der Waals surface area contributed by atoms with Gasteiger partial charge >= 0.3 is 0 Å². The van der Waals surface area contributed by atoms with Gasteiger partial charge in [-0.3, -0.25) is 9.38 Å². The maximum absolute atomic E-state index is 13.3. The maximum atomic E-state index is 13.3. The van der Waals surface area contributed by atoms with Gasteiger partial charge in [0.05, 0.1) is 20.3 Å². The van der Waals surface area contributed by atoms with Gasteiger partial charge in [-0.15, -0.1) is 0 Å². The van der Waals surface area contributed by atoms with E-state index in [0.717, 1.165) is 11.4 Å². The van der Waals surface area contributed by atoms with Crippen LogP contribution in [0.3, 0.4) is 0 Å². The summed E-state index contributed by atoms with van der Waals surface area (Å²) in [6, 6.07) is 7.39. The molecule has 0 bridgehead atoms. The number of halogens is 1. The van der Waals surface area contributed by atoms with Crippen molar-refractivity contribution in [2.45, 2.75) is 12.8 Å². The summed E-state index contributed by atoms with van der Waals surface area (Å²) in [4.78, 5) is 4.29. The summed E-state index contributed by atoms with van der Waals surface area (Å²) in [7, 11) is 1.60. The smallest absolute Gasteiger partial charge is 0.193 e. The molecule has 0 radical (unpaired) electrons. The van der Waals surface area contributed by atoms with Gasteiger partial charge in [0.1, 0.15) is 5.75 Å². The molecule has 0 amide bonds. The Bertz CT molecular complexity index is 488. The highest BCUT2D eigenvalue weighted by molar-refractivity contribution is 5.92. The normalized spacial score (nSPS) is 18.3. The first-order chi connectivity index (χ1) is 10.2. The van der Waals surface area contributed by atoms with Crippen LogP contribution in [0.25, 0.3) is 0 Å². The molecule has 5 nitrogen and oxygen atoms in total. The third-order valence-corrected chi connectivity index (χ3v) is 3.76. The number of alkyl halides is 1. The first-order valence-corrected chi connectivity index (χ1v) is 7.02. The number of rotatable bonds is 5. The minimum Gasteiger partial charge on any atom is -0.497 e. The lowest BCUT2D eigenvalue weighted by Gasteiger charge is -2.33. The summed E-state index contributed by atoms with van der Waals surface area (Å²) in [5, 5.41) is 2.99. The molecule has 1 saturated heterocycles.